The van der Waals surface area contributed by atoms with Crippen LogP contribution in [-0.2, 0) is 0 Å². The van der Waals surface area contributed by atoms with Gasteiger partial charge in [0.05, 0.1) is 5.38 Å². The Morgan fingerprint density at radius 3 is 2.41 bits per heavy atom. The highest BCUT2D eigenvalue weighted by molar-refractivity contribution is 6.32. The van der Waals surface area contributed by atoms with Crippen molar-refractivity contribution < 1.29 is 0 Å². The Balaban J connectivity index is 2.12. The highest BCUT2D eigenvalue weighted by atomic mass is 35.5. The highest BCUT2D eigenvalue weighted by Crippen LogP contribution is 2.39. The lowest BCUT2D eigenvalue weighted by Crippen LogP contribution is -2.01. The van der Waals surface area contributed by atoms with E-state index in [1.165, 1.54) is 36.8 Å². The molecule has 1 aromatic carbocycles. The quantitative estimate of drug-likeness (QED) is 0.608. The van der Waals surface area contributed by atoms with Crippen LogP contribution in [0.5, 0.6) is 0 Å². The molecule has 0 heterocycles. The summed E-state index contributed by atoms with van der Waals surface area (Å²) in [5, 5.41) is 0.899. The van der Waals surface area contributed by atoms with E-state index in [2.05, 4.69) is 19.9 Å². The minimum absolute atomic E-state index is 0.0740. The fourth-order valence-electron chi connectivity index (χ4n) is 2.71. The van der Waals surface area contributed by atoms with Crippen molar-refractivity contribution in [1.29, 1.82) is 0 Å². The van der Waals surface area contributed by atoms with E-state index in [0.717, 1.165) is 22.9 Å². The van der Waals surface area contributed by atoms with E-state index in [0.29, 0.717) is 0 Å². The Labute approximate surface area is 114 Å². The molecule has 0 aromatic heterocycles. The molecule has 2 rings (SSSR count). The van der Waals surface area contributed by atoms with E-state index in [9.17, 15) is 0 Å². The predicted octanol–water partition coefficient (Wildman–Crippen LogP) is 5.82. The van der Waals surface area contributed by atoms with Crippen LogP contribution in [0.25, 0.3) is 0 Å². The van der Waals surface area contributed by atoms with Gasteiger partial charge in [-0.05, 0) is 48.9 Å². The number of halogens is 2. The van der Waals surface area contributed by atoms with E-state index in [1.54, 1.807) is 0 Å². The summed E-state index contributed by atoms with van der Waals surface area (Å²) in [6.07, 6.45) is 6.49. The van der Waals surface area contributed by atoms with E-state index >= 15 is 0 Å². The molecule has 1 unspecified atom stereocenters. The Hall–Kier alpha value is -0.200. The Morgan fingerprint density at radius 1 is 1.18 bits per heavy atom. The van der Waals surface area contributed by atoms with Gasteiger partial charge < -0.3 is 0 Å². The van der Waals surface area contributed by atoms with Crippen molar-refractivity contribution in [1.82, 2.24) is 0 Å². The van der Waals surface area contributed by atoms with Gasteiger partial charge in [0.15, 0.2) is 0 Å². The fourth-order valence-corrected chi connectivity index (χ4v) is 3.55. The first kappa shape index (κ1) is 13.2. The van der Waals surface area contributed by atoms with Gasteiger partial charge >= 0.3 is 0 Å². The number of alkyl halides is 1. The minimum Gasteiger partial charge on any atom is -0.118 e. The van der Waals surface area contributed by atoms with Gasteiger partial charge in [0.2, 0.25) is 0 Å². The van der Waals surface area contributed by atoms with Gasteiger partial charge in [-0.1, -0.05) is 43.4 Å². The van der Waals surface area contributed by atoms with Gasteiger partial charge in [0.25, 0.3) is 0 Å². The molecule has 0 amide bonds. The largest absolute Gasteiger partial charge is 0.118 e. The van der Waals surface area contributed by atoms with Gasteiger partial charge in [-0.15, -0.1) is 11.6 Å². The molecule has 1 aliphatic carbocycles. The average molecular weight is 271 g/mol. The number of aryl methyl sites for hydroxylation is 2. The molecule has 0 saturated heterocycles. The van der Waals surface area contributed by atoms with Crippen molar-refractivity contribution >= 4 is 23.2 Å². The SMILES string of the molecule is Cc1cc(Cl)c(C(Cl)CC2CCCC2)cc1C. The topological polar surface area (TPSA) is 0 Å². The van der Waals surface area contributed by atoms with Crippen LogP contribution in [0.1, 0.15) is 54.2 Å². The van der Waals surface area contributed by atoms with Gasteiger partial charge in [-0.25, -0.2) is 0 Å². The lowest BCUT2D eigenvalue weighted by molar-refractivity contribution is 0.496. The molecule has 1 aliphatic rings. The zero-order valence-corrected chi connectivity index (χ0v) is 12.1. The summed E-state index contributed by atoms with van der Waals surface area (Å²) in [5.74, 6) is 0.801. The summed E-state index contributed by atoms with van der Waals surface area (Å²) in [4.78, 5) is 0. The molecule has 0 spiro atoms. The van der Waals surface area contributed by atoms with Crippen LogP contribution in [0.15, 0.2) is 12.1 Å². The Morgan fingerprint density at radius 2 is 1.76 bits per heavy atom. The smallest absolute Gasteiger partial charge is 0.0602 e. The fraction of sp³-hybridized carbons (Fsp3) is 0.600. The molecule has 1 aromatic rings. The maximum atomic E-state index is 6.53. The van der Waals surface area contributed by atoms with Crippen LogP contribution < -0.4 is 0 Å². The van der Waals surface area contributed by atoms with Crippen molar-refractivity contribution in [3.05, 3.63) is 33.8 Å². The first-order valence-corrected chi connectivity index (χ1v) is 7.30. The van der Waals surface area contributed by atoms with Gasteiger partial charge in [0.1, 0.15) is 0 Å². The van der Waals surface area contributed by atoms with Crippen molar-refractivity contribution in [3.63, 3.8) is 0 Å². The van der Waals surface area contributed by atoms with Crippen molar-refractivity contribution in [2.45, 2.75) is 51.3 Å². The number of hydrogen-bond acceptors (Lipinski definition) is 0. The molecule has 94 valence electrons. The normalized spacial score (nSPS) is 18.6. The molecule has 1 fully saturated rings. The summed E-state index contributed by atoms with van der Waals surface area (Å²) >= 11 is 12.8. The van der Waals surface area contributed by atoms with Crippen LogP contribution in [-0.4, -0.2) is 0 Å². The molecule has 17 heavy (non-hydrogen) atoms. The van der Waals surface area contributed by atoms with E-state index in [1.807, 2.05) is 6.07 Å². The maximum Gasteiger partial charge on any atom is 0.0602 e. The Bertz CT molecular complexity index is 392. The summed E-state index contributed by atoms with van der Waals surface area (Å²) in [7, 11) is 0. The number of hydrogen-bond donors (Lipinski definition) is 0. The van der Waals surface area contributed by atoms with Crippen LogP contribution in [0, 0.1) is 19.8 Å². The van der Waals surface area contributed by atoms with Crippen LogP contribution >= 0.6 is 23.2 Å². The molecule has 0 nitrogen and oxygen atoms in total. The highest BCUT2D eigenvalue weighted by Gasteiger charge is 2.21. The zero-order chi connectivity index (χ0) is 12.4. The van der Waals surface area contributed by atoms with Gasteiger partial charge in [-0.3, -0.25) is 0 Å². The third-order valence-corrected chi connectivity index (χ3v) is 4.71. The zero-order valence-electron chi connectivity index (χ0n) is 10.6. The Kier molecular flexibility index (Phi) is 4.38. The standard InChI is InChI=1S/C15H20Cl2/c1-10-7-13(14(16)8-11(10)2)15(17)9-12-5-3-4-6-12/h7-8,12,15H,3-6,9H2,1-2H3. The van der Waals surface area contributed by atoms with E-state index < -0.39 is 0 Å². The molecular formula is C15H20Cl2. The van der Waals surface area contributed by atoms with Crippen molar-refractivity contribution in [3.8, 4) is 0 Å². The first-order chi connectivity index (χ1) is 8.08. The molecule has 0 N–H and O–H groups in total. The summed E-state index contributed by atoms with van der Waals surface area (Å²) in [5.41, 5.74) is 3.63. The average Bonchev–Trinajstić information content (AvgIpc) is 2.76. The molecule has 0 aliphatic heterocycles. The second-order valence-electron chi connectivity index (χ2n) is 5.31. The maximum absolute atomic E-state index is 6.53. The predicted molar refractivity (Wildman–Crippen MR) is 76.1 cm³/mol. The molecule has 2 heteroatoms. The van der Waals surface area contributed by atoms with Crippen LogP contribution in [0.3, 0.4) is 0 Å². The molecular weight excluding hydrogens is 251 g/mol. The second-order valence-corrected chi connectivity index (χ2v) is 6.25. The molecule has 0 bridgehead atoms. The molecule has 1 saturated carbocycles. The first-order valence-electron chi connectivity index (χ1n) is 6.48. The third-order valence-electron chi connectivity index (χ3n) is 3.97. The van der Waals surface area contributed by atoms with Gasteiger partial charge in [0, 0.05) is 5.02 Å². The minimum atomic E-state index is 0.0740. The monoisotopic (exact) mass is 270 g/mol. The molecule has 0 radical (unpaired) electrons. The lowest BCUT2D eigenvalue weighted by atomic mass is 9.96. The van der Waals surface area contributed by atoms with E-state index in [-0.39, 0.29) is 5.38 Å². The number of benzene rings is 1. The van der Waals surface area contributed by atoms with Crippen molar-refractivity contribution in [2.24, 2.45) is 5.92 Å². The second kappa shape index (κ2) is 5.63. The van der Waals surface area contributed by atoms with E-state index in [4.69, 9.17) is 23.2 Å². The van der Waals surface area contributed by atoms with Crippen molar-refractivity contribution in [2.75, 3.05) is 0 Å². The molecule has 1 atom stereocenters. The van der Waals surface area contributed by atoms with Crippen LogP contribution in [0.2, 0.25) is 5.02 Å². The lowest BCUT2D eigenvalue weighted by Gasteiger charge is -2.17. The summed E-state index contributed by atoms with van der Waals surface area (Å²) < 4.78 is 0. The summed E-state index contributed by atoms with van der Waals surface area (Å²) in [6, 6.07) is 4.19. The van der Waals surface area contributed by atoms with Gasteiger partial charge in [-0.2, -0.15) is 0 Å². The third kappa shape index (κ3) is 3.17. The summed E-state index contributed by atoms with van der Waals surface area (Å²) in [6.45, 7) is 4.21. The van der Waals surface area contributed by atoms with Crippen LogP contribution in [0.4, 0.5) is 0 Å². The number of rotatable bonds is 3.